The summed E-state index contributed by atoms with van der Waals surface area (Å²) in [5.74, 6) is 0.125. The Kier molecular flexibility index (Phi) is 8.34. The van der Waals surface area contributed by atoms with Gasteiger partial charge < -0.3 is 9.47 Å². The molecule has 3 heteroatoms. The second kappa shape index (κ2) is 12.0. The fourth-order valence-corrected chi connectivity index (χ4v) is 4.69. The van der Waals surface area contributed by atoms with Crippen molar-refractivity contribution in [3.63, 3.8) is 0 Å². The molecule has 0 aliphatic heterocycles. The molecule has 0 spiro atoms. The summed E-state index contributed by atoms with van der Waals surface area (Å²) < 4.78 is 12.0. The molecule has 0 N–H and O–H groups in total. The number of ether oxygens (including phenoxy) is 2. The molecule has 0 radical (unpaired) electrons. The van der Waals surface area contributed by atoms with Gasteiger partial charge in [-0.15, -0.1) is 0 Å². The van der Waals surface area contributed by atoms with Crippen molar-refractivity contribution in [2.75, 3.05) is 0 Å². The molecule has 1 aliphatic rings. The molecular weight excluding hydrogens is 420 g/mol. The van der Waals surface area contributed by atoms with Crippen molar-refractivity contribution in [3.05, 3.63) is 132 Å². The molecule has 4 rings (SSSR count). The number of hydrogen-bond donors (Lipinski definition) is 0. The Morgan fingerprint density at radius 3 is 2.03 bits per heavy atom. The van der Waals surface area contributed by atoms with Crippen molar-refractivity contribution >= 4 is 5.97 Å². The zero-order chi connectivity index (χ0) is 23.6. The van der Waals surface area contributed by atoms with Gasteiger partial charge in [-0.25, -0.2) is 0 Å². The summed E-state index contributed by atoms with van der Waals surface area (Å²) in [5.41, 5.74) is 4.67. The van der Waals surface area contributed by atoms with Crippen LogP contribution in [0.5, 0.6) is 0 Å². The Morgan fingerprint density at radius 1 is 0.824 bits per heavy atom. The van der Waals surface area contributed by atoms with Crippen LogP contribution in [0.4, 0.5) is 0 Å². The first-order chi connectivity index (χ1) is 16.7. The first kappa shape index (κ1) is 23.6. The van der Waals surface area contributed by atoms with E-state index in [1.165, 1.54) is 37.3 Å². The average molecular weight is 453 g/mol. The minimum Gasteiger partial charge on any atom is -0.489 e. The summed E-state index contributed by atoms with van der Waals surface area (Å²) in [5, 5.41) is 0. The van der Waals surface area contributed by atoms with Crippen molar-refractivity contribution in [1.29, 1.82) is 0 Å². The summed E-state index contributed by atoms with van der Waals surface area (Å²) in [7, 11) is 0. The molecule has 3 atom stereocenters. The van der Waals surface area contributed by atoms with E-state index in [4.69, 9.17) is 9.47 Å². The number of benzene rings is 3. The average Bonchev–Trinajstić information content (AvgIpc) is 2.89. The van der Waals surface area contributed by atoms with E-state index in [0.717, 1.165) is 17.5 Å². The third-order valence-corrected chi connectivity index (χ3v) is 6.30. The van der Waals surface area contributed by atoms with E-state index in [-0.39, 0.29) is 5.97 Å². The van der Waals surface area contributed by atoms with Crippen LogP contribution in [0, 0.1) is 0 Å². The van der Waals surface area contributed by atoms with Crippen LogP contribution >= 0.6 is 0 Å². The maximum atomic E-state index is 12.0. The lowest BCUT2D eigenvalue weighted by molar-refractivity contribution is -0.153. The first-order valence-corrected chi connectivity index (χ1v) is 12.1. The molecule has 0 bridgehead atoms. The normalized spacial score (nSPS) is 19.0. The molecule has 3 nitrogen and oxygen atoms in total. The number of esters is 1. The van der Waals surface area contributed by atoms with E-state index in [0.29, 0.717) is 5.92 Å². The van der Waals surface area contributed by atoms with E-state index >= 15 is 0 Å². The van der Waals surface area contributed by atoms with Gasteiger partial charge in [0, 0.05) is 12.8 Å². The largest absolute Gasteiger partial charge is 0.489 e. The van der Waals surface area contributed by atoms with Gasteiger partial charge in [-0.3, -0.25) is 4.79 Å². The molecule has 0 heterocycles. The topological polar surface area (TPSA) is 35.5 Å². The molecule has 174 valence electrons. The SMILES string of the molecule is CC(=O)O[C@H](c1ccccc1)[C@H](O/C=C/C=C1\CCCC[C@@H]1c1ccccc1)c1ccccc1. The summed E-state index contributed by atoms with van der Waals surface area (Å²) in [6, 6.07) is 30.4. The zero-order valence-electron chi connectivity index (χ0n) is 19.7. The molecule has 1 fully saturated rings. The monoisotopic (exact) mass is 452 g/mol. The van der Waals surface area contributed by atoms with Crippen molar-refractivity contribution in [3.8, 4) is 0 Å². The molecule has 0 aromatic heterocycles. The van der Waals surface area contributed by atoms with Crippen LogP contribution in [0.2, 0.25) is 0 Å². The zero-order valence-corrected chi connectivity index (χ0v) is 19.7. The standard InChI is InChI=1S/C31H32O3/c1-24(32)34-31(28-19-9-4-10-20-28)30(27-17-7-3-8-18-27)33-23-13-21-26-16-11-12-22-29(26)25-14-5-2-6-15-25/h2-10,13-15,17-21,23,29-31H,11-12,16,22H2,1H3/b23-13+,26-21+/t29-,30-,31-/m1/s1. The second-order valence-electron chi connectivity index (χ2n) is 8.69. The highest BCUT2D eigenvalue weighted by atomic mass is 16.6. The summed E-state index contributed by atoms with van der Waals surface area (Å²) >= 11 is 0. The molecule has 0 saturated heterocycles. The van der Waals surface area contributed by atoms with Crippen LogP contribution in [0.3, 0.4) is 0 Å². The number of rotatable bonds is 8. The maximum absolute atomic E-state index is 12.0. The molecule has 3 aromatic rings. The Bertz CT molecular complexity index is 1090. The quantitative estimate of drug-likeness (QED) is 0.258. The smallest absolute Gasteiger partial charge is 0.303 e. The van der Waals surface area contributed by atoms with Gasteiger partial charge in [-0.2, -0.15) is 0 Å². The van der Waals surface area contributed by atoms with Crippen LogP contribution in [0.25, 0.3) is 0 Å². The van der Waals surface area contributed by atoms with Crippen LogP contribution in [-0.2, 0) is 14.3 Å². The highest BCUT2D eigenvalue weighted by Gasteiger charge is 2.28. The van der Waals surface area contributed by atoms with E-state index in [9.17, 15) is 4.79 Å². The lowest BCUT2D eigenvalue weighted by atomic mass is 9.79. The molecule has 34 heavy (non-hydrogen) atoms. The van der Waals surface area contributed by atoms with E-state index < -0.39 is 12.2 Å². The molecule has 0 unspecified atom stereocenters. The third kappa shape index (κ3) is 6.26. The lowest BCUT2D eigenvalue weighted by Crippen LogP contribution is -2.18. The Hall–Kier alpha value is -3.59. The highest BCUT2D eigenvalue weighted by molar-refractivity contribution is 5.66. The van der Waals surface area contributed by atoms with Gasteiger partial charge in [-0.05, 0) is 42.0 Å². The van der Waals surface area contributed by atoms with Gasteiger partial charge in [-0.1, -0.05) is 109 Å². The van der Waals surface area contributed by atoms with Crippen LogP contribution in [-0.4, -0.2) is 5.97 Å². The summed E-state index contributed by atoms with van der Waals surface area (Å²) in [6.45, 7) is 1.44. The van der Waals surface area contributed by atoms with Crippen LogP contribution in [0.1, 0.15) is 67.4 Å². The first-order valence-electron chi connectivity index (χ1n) is 12.1. The molecule has 3 aromatic carbocycles. The Morgan fingerprint density at radius 2 is 1.41 bits per heavy atom. The highest BCUT2D eigenvalue weighted by Crippen LogP contribution is 2.38. The van der Waals surface area contributed by atoms with Gasteiger partial charge in [0.05, 0.1) is 6.26 Å². The fraction of sp³-hybridized carbons (Fsp3) is 0.258. The third-order valence-electron chi connectivity index (χ3n) is 6.30. The molecule has 0 amide bonds. The van der Waals surface area contributed by atoms with Crippen molar-refractivity contribution in [2.24, 2.45) is 0 Å². The molecular formula is C31H32O3. The maximum Gasteiger partial charge on any atom is 0.303 e. The minimum atomic E-state index is -0.551. The summed E-state index contributed by atoms with van der Waals surface area (Å²) in [6.07, 6.45) is 9.67. The predicted octanol–water partition coefficient (Wildman–Crippen LogP) is 7.85. The summed E-state index contributed by atoms with van der Waals surface area (Å²) in [4.78, 5) is 12.0. The van der Waals surface area contributed by atoms with Gasteiger partial charge in [0.1, 0.15) is 0 Å². The van der Waals surface area contributed by atoms with E-state index in [1.54, 1.807) is 6.26 Å². The van der Waals surface area contributed by atoms with Gasteiger partial charge in [0.2, 0.25) is 0 Å². The van der Waals surface area contributed by atoms with Crippen molar-refractivity contribution in [2.45, 2.75) is 50.7 Å². The number of hydrogen-bond acceptors (Lipinski definition) is 3. The molecule has 1 aliphatic carbocycles. The second-order valence-corrected chi connectivity index (χ2v) is 8.69. The van der Waals surface area contributed by atoms with Gasteiger partial charge in [0.15, 0.2) is 12.2 Å². The predicted molar refractivity (Wildman–Crippen MR) is 136 cm³/mol. The number of allylic oxidation sites excluding steroid dienone is 3. The lowest BCUT2D eigenvalue weighted by Gasteiger charge is -2.27. The van der Waals surface area contributed by atoms with Crippen molar-refractivity contribution in [1.82, 2.24) is 0 Å². The van der Waals surface area contributed by atoms with E-state index in [2.05, 4.69) is 36.4 Å². The Balaban J connectivity index is 1.57. The Labute approximate surface area is 202 Å². The van der Waals surface area contributed by atoms with Gasteiger partial charge >= 0.3 is 5.97 Å². The van der Waals surface area contributed by atoms with Crippen molar-refractivity contribution < 1.29 is 14.3 Å². The number of carbonyl (C=O) groups excluding carboxylic acids is 1. The number of carbonyl (C=O) groups is 1. The minimum absolute atomic E-state index is 0.336. The molecule has 1 saturated carbocycles. The van der Waals surface area contributed by atoms with Crippen LogP contribution < -0.4 is 0 Å². The fourth-order valence-electron chi connectivity index (χ4n) is 4.69. The van der Waals surface area contributed by atoms with Crippen LogP contribution in [0.15, 0.2) is 115 Å². The van der Waals surface area contributed by atoms with E-state index in [1.807, 2.05) is 66.7 Å². The van der Waals surface area contributed by atoms with Gasteiger partial charge in [0.25, 0.3) is 0 Å².